The van der Waals surface area contributed by atoms with Gasteiger partial charge in [-0.2, -0.15) is 0 Å². The molecular weight excluding hydrogens is 252 g/mol. The Labute approximate surface area is 116 Å². The van der Waals surface area contributed by atoms with Crippen molar-refractivity contribution in [3.05, 3.63) is 36.4 Å². The van der Waals surface area contributed by atoms with Gasteiger partial charge < -0.3 is 9.53 Å². The summed E-state index contributed by atoms with van der Waals surface area (Å²) in [6, 6.07) is 11.4. The molecule has 19 heavy (non-hydrogen) atoms. The fraction of sp³-hybridized carbons (Fsp3) is 0.375. The lowest BCUT2D eigenvalue weighted by Gasteiger charge is -2.36. The zero-order valence-electron chi connectivity index (χ0n) is 12.3. The molecule has 0 spiro atoms. The van der Waals surface area contributed by atoms with Gasteiger partial charge in [0.2, 0.25) is 8.32 Å². The molecule has 0 amide bonds. The fourth-order valence-corrected chi connectivity index (χ4v) is 2.74. The van der Waals surface area contributed by atoms with Gasteiger partial charge in [0.1, 0.15) is 11.5 Å². The lowest BCUT2D eigenvalue weighted by molar-refractivity contribution is 0.476. The molecule has 1 N–H and O–H groups in total. The first-order valence-corrected chi connectivity index (χ1v) is 9.52. The van der Waals surface area contributed by atoms with Gasteiger partial charge in [-0.25, -0.2) is 0 Å². The Morgan fingerprint density at radius 2 is 1.53 bits per heavy atom. The first-order chi connectivity index (χ1) is 8.69. The highest BCUT2D eigenvalue weighted by Crippen LogP contribution is 2.38. The summed E-state index contributed by atoms with van der Waals surface area (Å²) in [4.78, 5) is 0. The van der Waals surface area contributed by atoms with E-state index < -0.39 is 8.32 Å². The third kappa shape index (κ3) is 2.92. The standard InChI is InChI=1S/C16H22O2Si/c1-16(2,3)19(4,5)18-15-9-7-12-10-14(17)8-6-13(12)11-15/h6-11,17H,1-5H3. The molecule has 2 nitrogen and oxygen atoms in total. The normalized spacial score (nSPS) is 12.7. The number of rotatable bonds is 2. The summed E-state index contributed by atoms with van der Waals surface area (Å²) in [5, 5.41) is 11.8. The minimum atomic E-state index is -1.79. The first kappa shape index (κ1) is 13.9. The largest absolute Gasteiger partial charge is 0.543 e. The Morgan fingerprint density at radius 3 is 2.16 bits per heavy atom. The molecule has 2 rings (SSSR count). The molecule has 2 aromatic rings. The van der Waals surface area contributed by atoms with Crippen molar-refractivity contribution in [2.45, 2.75) is 38.9 Å². The number of benzene rings is 2. The highest BCUT2D eigenvalue weighted by molar-refractivity contribution is 6.74. The molecule has 0 saturated carbocycles. The first-order valence-electron chi connectivity index (χ1n) is 6.61. The number of hydrogen-bond acceptors (Lipinski definition) is 2. The van der Waals surface area contributed by atoms with Gasteiger partial charge in [-0.05, 0) is 53.2 Å². The SMILES string of the molecule is CC(C)(C)[Si](C)(C)Oc1ccc2cc(O)ccc2c1. The minimum absolute atomic E-state index is 0.191. The van der Waals surface area contributed by atoms with E-state index in [4.69, 9.17) is 4.43 Å². The van der Waals surface area contributed by atoms with Gasteiger partial charge in [-0.15, -0.1) is 0 Å². The van der Waals surface area contributed by atoms with E-state index in [9.17, 15) is 5.11 Å². The Balaban J connectivity index is 2.35. The van der Waals surface area contributed by atoms with Crippen LogP contribution in [0.4, 0.5) is 0 Å². The van der Waals surface area contributed by atoms with E-state index >= 15 is 0 Å². The monoisotopic (exact) mass is 274 g/mol. The van der Waals surface area contributed by atoms with Crippen LogP contribution in [0.5, 0.6) is 11.5 Å². The minimum Gasteiger partial charge on any atom is -0.543 e. The summed E-state index contributed by atoms with van der Waals surface area (Å²) in [6.07, 6.45) is 0. The molecule has 0 aliphatic carbocycles. The second kappa shape index (κ2) is 4.56. The molecule has 0 bridgehead atoms. The van der Waals surface area contributed by atoms with Crippen molar-refractivity contribution in [3.63, 3.8) is 0 Å². The van der Waals surface area contributed by atoms with Crippen LogP contribution in [-0.2, 0) is 0 Å². The molecule has 0 atom stereocenters. The summed E-state index contributed by atoms with van der Waals surface area (Å²) in [6.45, 7) is 11.2. The number of phenols is 1. The van der Waals surface area contributed by atoms with Gasteiger partial charge in [0, 0.05) is 0 Å². The van der Waals surface area contributed by atoms with E-state index in [1.807, 2.05) is 18.2 Å². The van der Waals surface area contributed by atoms with E-state index in [1.54, 1.807) is 12.1 Å². The van der Waals surface area contributed by atoms with Gasteiger partial charge >= 0.3 is 0 Å². The van der Waals surface area contributed by atoms with Gasteiger partial charge in [0.05, 0.1) is 0 Å². The summed E-state index contributed by atoms with van der Waals surface area (Å²) in [5.74, 6) is 1.22. The molecule has 2 aromatic carbocycles. The number of phenolic OH excluding ortho intramolecular Hbond substituents is 1. The van der Waals surface area contributed by atoms with E-state index in [0.29, 0.717) is 5.75 Å². The molecule has 102 valence electrons. The van der Waals surface area contributed by atoms with Gasteiger partial charge in [-0.1, -0.05) is 32.9 Å². The van der Waals surface area contributed by atoms with Crippen LogP contribution in [0, 0.1) is 0 Å². The summed E-state index contributed by atoms with van der Waals surface area (Å²) in [7, 11) is -1.79. The van der Waals surface area contributed by atoms with Crippen LogP contribution in [0.1, 0.15) is 20.8 Å². The van der Waals surface area contributed by atoms with Crippen molar-refractivity contribution in [1.29, 1.82) is 0 Å². The number of aromatic hydroxyl groups is 1. The van der Waals surface area contributed by atoms with E-state index in [2.05, 4.69) is 39.9 Å². The maximum atomic E-state index is 9.47. The second-order valence-corrected chi connectivity index (χ2v) is 11.3. The van der Waals surface area contributed by atoms with E-state index in [0.717, 1.165) is 16.5 Å². The van der Waals surface area contributed by atoms with Crippen LogP contribution in [0.25, 0.3) is 10.8 Å². The van der Waals surface area contributed by atoms with E-state index in [1.165, 1.54) is 0 Å². The Hall–Kier alpha value is -1.48. The van der Waals surface area contributed by atoms with Crippen LogP contribution in [0.3, 0.4) is 0 Å². The maximum absolute atomic E-state index is 9.47. The molecule has 0 aliphatic rings. The van der Waals surface area contributed by atoms with Crippen LogP contribution >= 0.6 is 0 Å². The molecule has 3 heteroatoms. The van der Waals surface area contributed by atoms with Gasteiger partial charge in [-0.3, -0.25) is 0 Å². The molecule has 0 heterocycles. The third-order valence-corrected chi connectivity index (χ3v) is 8.33. The Morgan fingerprint density at radius 1 is 0.947 bits per heavy atom. The van der Waals surface area contributed by atoms with Crippen LogP contribution in [0.2, 0.25) is 18.1 Å². The summed E-state index contributed by atoms with van der Waals surface area (Å²) in [5.41, 5.74) is 0. The topological polar surface area (TPSA) is 29.5 Å². The fourth-order valence-electron chi connectivity index (χ4n) is 1.72. The number of fused-ring (bicyclic) bond motifs is 1. The van der Waals surface area contributed by atoms with Crippen molar-refractivity contribution in [1.82, 2.24) is 0 Å². The Kier molecular flexibility index (Phi) is 3.35. The zero-order chi connectivity index (χ0) is 14.3. The zero-order valence-corrected chi connectivity index (χ0v) is 13.3. The average Bonchev–Trinajstić information content (AvgIpc) is 2.27. The quantitative estimate of drug-likeness (QED) is 0.787. The lowest BCUT2D eigenvalue weighted by Crippen LogP contribution is -2.43. The number of hydrogen-bond donors (Lipinski definition) is 1. The molecule has 0 radical (unpaired) electrons. The lowest BCUT2D eigenvalue weighted by atomic mass is 10.1. The second-order valence-electron chi connectivity index (χ2n) is 6.56. The molecular formula is C16H22O2Si. The average molecular weight is 274 g/mol. The van der Waals surface area contributed by atoms with Gasteiger partial charge in [0.15, 0.2) is 0 Å². The van der Waals surface area contributed by atoms with E-state index in [-0.39, 0.29) is 5.04 Å². The third-order valence-electron chi connectivity index (χ3n) is 3.97. The van der Waals surface area contributed by atoms with Crippen molar-refractivity contribution in [2.24, 2.45) is 0 Å². The van der Waals surface area contributed by atoms with Crippen molar-refractivity contribution >= 4 is 19.1 Å². The summed E-state index contributed by atoms with van der Waals surface area (Å²) < 4.78 is 6.28. The predicted octanol–water partition coefficient (Wildman–Crippen LogP) is 4.93. The Bertz CT molecular complexity index is 597. The molecule has 0 unspecified atom stereocenters. The smallest absolute Gasteiger partial charge is 0.250 e. The highest BCUT2D eigenvalue weighted by atomic mass is 28.4. The van der Waals surface area contributed by atoms with Crippen molar-refractivity contribution < 1.29 is 9.53 Å². The summed E-state index contributed by atoms with van der Waals surface area (Å²) >= 11 is 0. The highest BCUT2D eigenvalue weighted by Gasteiger charge is 2.38. The van der Waals surface area contributed by atoms with Crippen LogP contribution < -0.4 is 4.43 Å². The van der Waals surface area contributed by atoms with Crippen molar-refractivity contribution in [3.8, 4) is 11.5 Å². The molecule has 0 fully saturated rings. The predicted molar refractivity (Wildman–Crippen MR) is 83.4 cm³/mol. The van der Waals surface area contributed by atoms with Gasteiger partial charge in [0.25, 0.3) is 0 Å². The maximum Gasteiger partial charge on any atom is 0.250 e. The molecule has 0 aliphatic heterocycles. The molecule has 0 saturated heterocycles. The van der Waals surface area contributed by atoms with Crippen molar-refractivity contribution in [2.75, 3.05) is 0 Å². The van der Waals surface area contributed by atoms with Crippen LogP contribution in [-0.4, -0.2) is 13.4 Å². The molecule has 0 aromatic heterocycles. The van der Waals surface area contributed by atoms with Crippen LogP contribution in [0.15, 0.2) is 36.4 Å².